The third-order valence-electron chi connectivity index (χ3n) is 2.85. The van der Waals surface area contributed by atoms with Crippen molar-refractivity contribution in [1.29, 1.82) is 0 Å². The van der Waals surface area contributed by atoms with E-state index in [0.717, 1.165) is 22.6 Å². The molecule has 0 radical (unpaired) electrons. The van der Waals surface area contributed by atoms with Crippen LogP contribution in [-0.4, -0.2) is 17.0 Å². The molecule has 3 aromatic rings. The minimum atomic E-state index is 0.644. The van der Waals surface area contributed by atoms with Crippen LogP contribution in [0, 0.1) is 0 Å². The zero-order valence-corrected chi connectivity index (χ0v) is 11.4. The molecule has 19 heavy (non-hydrogen) atoms. The van der Waals surface area contributed by atoms with Gasteiger partial charge in [0.15, 0.2) is 0 Å². The molecule has 5 heteroatoms. The molecule has 0 amide bonds. The molecule has 0 aliphatic rings. The standard InChI is InChI=1S/C14H14N4S/c1-15-14-17-12(11-7-8-19-13(11)18-14)16-9-10-5-3-2-4-6-10/h2-8H,9H2,1H3,(H2,15,16,17,18). The van der Waals surface area contributed by atoms with E-state index in [-0.39, 0.29) is 0 Å². The molecule has 2 N–H and O–H groups in total. The molecule has 4 nitrogen and oxygen atoms in total. The Morgan fingerprint density at radius 1 is 1.11 bits per heavy atom. The second-order valence-corrected chi connectivity index (χ2v) is 5.02. The Kier molecular flexibility index (Phi) is 3.29. The van der Waals surface area contributed by atoms with Crippen molar-refractivity contribution in [2.24, 2.45) is 0 Å². The van der Waals surface area contributed by atoms with Gasteiger partial charge >= 0.3 is 0 Å². The van der Waals surface area contributed by atoms with Gasteiger partial charge in [-0.05, 0) is 17.0 Å². The normalized spacial score (nSPS) is 10.6. The van der Waals surface area contributed by atoms with Crippen LogP contribution >= 0.6 is 11.3 Å². The number of hydrogen-bond acceptors (Lipinski definition) is 5. The molecule has 0 atom stereocenters. The molecule has 3 rings (SSSR count). The van der Waals surface area contributed by atoms with E-state index in [1.165, 1.54) is 5.56 Å². The first-order valence-corrected chi connectivity index (χ1v) is 6.95. The number of nitrogens with zero attached hydrogens (tertiary/aromatic N) is 2. The van der Waals surface area contributed by atoms with Gasteiger partial charge in [0.2, 0.25) is 5.95 Å². The van der Waals surface area contributed by atoms with Crippen LogP contribution in [0.2, 0.25) is 0 Å². The zero-order valence-electron chi connectivity index (χ0n) is 10.6. The molecule has 0 bridgehead atoms. The van der Waals surface area contributed by atoms with Gasteiger partial charge in [0.25, 0.3) is 0 Å². The van der Waals surface area contributed by atoms with E-state index in [2.05, 4.69) is 32.7 Å². The number of thiophene rings is 1. The van der Waals surface area contributed by atoms with Crippen molar-refractivity contribution in [2.75, 3.05) is 17.7 Å². The summed E-state index contributed by atoms with van der Waals surface area (Å²) in [5.41, 5.74) is 1.23. The van der Waals surface area contributed by atoms with Crippen molar-refractivity contribution in [2.45, 2.75) is 6.54 Å². The maximum atomic E-state index is 4.48. The largest absolute Gasteiger partial charge is 0.365 e. The number of fused-ring (bicyclic) bond motifs is 1. The first-order chi connectivity index (χ1) is 9.36. The lowest BCUT2D eigenvalue weighted by molar-refractivity contribution is 1.10. The summed E-state index contributed by atoms with van der Waals surface area (Å²) in [5, 5.41) is 9.48. The highest BCUT2D eigenvalue weighted by molar-refractivity contribution is 7.16. The maximum absolute atomic E-state index is 4.48. The molecular formula is C14H14N4S. The molecule has 2 heterocycles. The topological polar surface area (TPSA) is 49.8 Å². The Hall–Kier alpha value is -2.14. The van der Waals surface area contributed by atoms with Gasteiger partial charge in [0, 0.05) is 13.6 Å². The lowest BCUT2D eigenvalue weighted by Gasteiger charge is -2.08. The third-order valence-corrected chi connectivity index (χ3v) is 3.66. The van der Waals surface area contributed by atoms with E-state index in [0.29, 0.717) is 5.95 Å². The van der Waals surface area contributed by atoms with Crippen LogP contribution in [0.4, 0.5) is 11.8 Å². The Morgan fingerprint density at radius 3 is 2.74 bits per heavy atom. The quantitative estimate of drug-likeness (QED) is 0.763. The molecule has 0 unspecified atom stereocenters. The molecule has 96 valence electrons. The van der Waals surface area contributed by atoms with Gasteiger partial charge in [0.1, 0.15) is 10.6 Å². The summed E-state index contributed by atoms with van der Waals surface area (Å²) in [4.78, 5) is 9.90. The van der Waals surface area contributed by atoms with Gasteiger partial charge in [-0.15, -0.1) is 11.3 Å². The van der Waals surface area contributed by atoms with Gasteiger partial charge < -0.3 is 10.6 Å². The summed E-state index contributed by atoms with van der Waals surface area (Å²) in [5.74, 6) is 1.52. The predicted molar refractivity (Wildman–Crippen MR) is 80.7 cm³/mol. The van der Waals surface area contributed by atoms with E-state index in [9.17, 15) is 0 Å². The van der Waals surface area contributed by atoms with Crippen molar-refractivity contribution in [3.8, 4) is 0 Å². The van der Waals surface area contributed by atoms with Gasteiger partial charge in [-0.1, -0.05) is 30.3 Å². The Morgan fingerprint density at radius 2 is 1.95 bits per heavy atom. The molecule has 0 saturated heterocycles. The third kappa shape index (κ3) is 2.51. The minimum Gasteiger partial charge on any atom is -0.365 e. The molecule has 0 aliphatic heterocycles. The number of aromatic nitrogens is 2. The van der Waals surface area contributed by atoms with Gasteiger partial charge in [-0.3, -0.25) is 0 Å². The number of hydrogen-bond donors (Lipinski definition) is 2. The van der Waals surface area contributed by atoms with Gasteiger partial charge in [0.05, 0.1) is 5.39 Å². The van der Waals surface area contributed by atoms with Crippen LogP contribution in [-0.2, 0) is 6.54 Å². The lowest BCUT2D eigenvalue weighted by atomic mass is 10.2. The highest BCUT2D eigenvalue weighted by Gasteiger charge is 2.07. The smallest absolute Gasteiger partial charge is 0.225 e. The summed E-state index contributed by atoms with van der Waals surface area (Å²) >= 11 is 1.62. The first kappa shape index (κ1) is 11.9. The molecule has 2 aromatic heterocycles. The molecule has 0 aliphatic carbocycles. The summed E-state index contributed by atoms with van der Waals surface area (Å²) in [6, 6.07) is 12.3. The van der Waals surface area contributed by atoms with Crippen LogP contribution in [0.25, 0.3) is 10.2 Å². The fourth-order valence-electron chi connectivity index (χ4n) is 1.88. The van der Waals surface area contributed by atoms with Crippen LogP contribution in [0.15, 0.2) is 41.8 Å². The average molecular weight is 270 g/mol. The number of benzene rings is 1. The van der Waals surface area contributed by atoms with Crippen molar-refractivity contribution in [3.63, 3.8) is 0 Å². The Bertz CT molecular complexity index is 678. The van der Waals surface area contributed by atoms with E-state index in [1.807, 2.05) is 36.7 Å². The van der Waals surface area contributed by atoms with Crippen molar-refractivity contribution < 1.29 is 0 Å². The molecule has 0 fully saturated rings. The summed E-state index contributed by atoms with van der Waals surface area (Å²) in [6.07, 6.45) is 0. The Labute approximate surface area is 115 Å². The minimum absolute atomic E-state index is 0.644. The summed E-state index contributed by atoms with van der Waals surface area (Å²) in [6.45, 7) is 0.756. The van der Waals surface area contributed by atoms with E-state index >= 15 is 0 Å². The van der Waals surface area contributed by atoms with Gasteiger partial charge in [-0.2, -0.15) is 4.98 Å². The van der Waals surface area contributed by atoms with Crippen molar-refractivity contribution >= 4 is 33.3 Å². The summed E-state index contributed by atoms with van der Waals surface area (Å²) < 4.78 is 0. The van der Waals surface area contributed by atoms with Gasteiger partial charge in [-0.25, -0.2) is 4.98 Å². The lowest BCUT2D eigenvalue weighted by Crippen LogP contribution is -2.04. The molecule has 1 aromatic carbocycles. The number of anilines is 2. The summed E-state index contributed by atoms with van der Waals surface area (Å²) in [7, 11) is 1.83. The van der Waals surface area contributed by atoms with Crippen molar-refractivity contribution in [1.82, 2.24) is 9.97 Å². The second kappa shape index (κ2) is 5.24. The Balaban J connectivity index is 1.89. The van der Waals surface area contributed by atoms with E-state index in [4.69, 9.17) is 0 Å². The maximum Gasteiger partial charge on any atom is 0.225 e. The average Bonchev–Trinajstić information content (AvgIpc) is 2.94. The van der Waals surface area contributed by atoms with Crippen LogP contribution in [0.1, 0.15) is 5.56 Å². The van der Waals surface area contributed by atoms with Crippen molar-refractivity contribution in [3.05, 3.63) is 47.3 Å². The number of rotatable bonds is 4. The van der Waals surface area contributed by atoms with E-state index in [1.54, 1.807) is 11.3 Å². The van der Waals surface area contributed by atoms with E-state index < -0.39 is 0 Å². The predicted octanol–water partition coefficient (Wildman–Crippen LogP) is 3.35. The first-order valence-electron chi connectivity index (χ1n) is 6.07. The highest BCUT2D eigenvalue weighted by atomic mass is 32.1. The number of nitrogens with one attached hydrogen (secondary N) is 2. The van der Waals surface area contributed by atoms with Crippen LogP contribution in [0.5, 0.6) is 0 Å². The monoisotopic (exact) mass is 270 g/mol. The molecular weight excluding hydrogens is 256 g/mol. The second-order valence-electron chi connectivity index (χ2n) is 4.12. The highest BCUT2D eigenvalue weighted by Crippen LogP contribution is 2.26. The fourth-order valence-corrected chi connectivity index (χ4v) is 2.65. The molecule has 0 saturated carbocycles. The zero-order chi connectivity index (χ0) is 13.1. The van der Waals surface area contributed by atoms with Crippen LogP contribution < -0.4 is 10.6 Å². The molecule has 0 spiro atoms. The fraction of sp³-hybridized carbons (Fsp3) is 0.143. The SMILES string of the molecule is CNc1nc(NCc2ccccc2)c2ccsc2n1. The van der Waals surface area contributed by atoms with Crippen LogP contribution in [0.3, 0.4) is 0 Å².